The van der Waals surface area contributed by atoms with Gasteiger partial charge in [-0.15, -0.1) is 0 Å². The van der Waals surface area contributed by atoms with Gasteiger partial charge in [0.25, 0.3) is 0 Å². The molecule has 1 aromatic rings. The van der Waals surface area contributed by atoms with Gasteiger partial charge in [-0.05, 0) is 35.1 Å². The maximum Gasteiger partial charge on any atom is -0.0161 e. The zero-order chi connectivity index (χ0) is 8.67. The average molecular weight is 170 g/mol. The van der Waals surface area contributed by atoms with Crippen molar-refractivity contribution in [1.82, 2.24) is 0 Å². The number of fused-ring (bicyclic) bond motifs is 2. The van der Waals surface area contributed by atoms with E-state index in [4.69, 9.17) is 0 Å². The summed E-state index contributed by atoms with van der Waals surface area (Å²) in [4.78, 5) is 0. The molecule has 13 heavy (non-hydrogen) atoms. The third-order valence-electron chi connectivity index (χ3n) is 3.41. The van der Waals surface area contributed by atoms with Crippen molar-refractivity contribution in [2.24, 2.45) is 11.8 Å². The molecule has 66 valence electrons. The zero-order valence-electron chi connectivity index (χ0n) is 7.74. The van der Waals surface area contributed by atoms with Crippen LogP contribution in [0.1, 0.15) is 19.3 Å². The molecule has 0 saturated heterocycles. The summed E-state index contributed by atoms with van der Waals surface area (Å²) in [5.74, 6) is 1.68. The highest BCUT2D eigenvalue weighted by atomic mass is 14.3. The van der Waals surface area contributed by atoms with E-state index in [1.807, 2.05) is 0 Å². The van der Waals surface area contributed by atoms with Gasteiger partial charge in [0.15, 0.2) is 0 Å². The Hall–Kier alpha value is -1.04. The molecule has 0 radical (unpaired) electrons. The lowest BCUT2D eigenvalue weighted by atomic mass is 9.90. The summed E-state index contributed by atoms with van der Waals surface area (Å²) >= 11 is 0. The third-order valence-corrected chi connectivity index (χ3v) is 3.41. The second-order valence-corrected chi connectivity index (χ2v) is 4.22. The van der Waals surface area contributed by atoms with Crippen LogP contribution in [0, 0.1) is 11.8 Å². The van der Waals surface area contributed by atoms with E-state index in [-0.39, 0.29) is 0 Å². The number of hydrogen-bond acceptors (Lipinski definition) is 0. The highest BCUT2D eigenvalue weighted by Gasteiger charge is 2.24. The molecule has 2 aliphatic rings. The lowest BCUT2D eigenvalue weighted by molar-refractivity contribution is 0.608. The van der Waals surface area contributed by atoms with Crippen LogP contribution in [0.4, 0.5) is 0 Å². The van der Waals surface area contributed by atoms with Crippen molar-refractivity contribution in [2.45, 2.75) is 19.3 Å². The van der Waals surface area contributed by atoms with E-state index < -0.39 is 0 Å². The fourth-order valence-electron chi connectivity index (χ4n) is 2.71. The lowest BCUT2D eigenvalue weighted by Gasteiger charge is -2.15. The van der Waals surface area contributed by atoms with Gasteiger partial charge in [-0.25, -0.2) is 0 Å². The Morgan fingerprint density at radius 2 is 1.38 bits per heavy atom. The summed E-state index contributed by atoms with van der Waals surface area (Å²) in [6.45, 7) is 0. The molecule has 0 aromatic heterocycles. The molecular weight excluding hydrogens is 156 g/mol. The van der Waals surface area contributed by atoms with Gasteiger partial charge in [-0.2, -0.15) is 0 Å². The molecule has 0 heterocycles. The van der Waals surface area contributed by atoms with Crippen molar-refractivity contribution >= 4 is 12.2 Å². The van der Waals surface area contributed by atoms with E-state index in [2.05, 4.69) is 36.4 Å². The normalized spacial score (nSPS) is 29.8. The Balaban J connectivity index is 2.24. The van der Waals surface area contributed by atoms with Crippen LogP contribution < -0.4 is 10.4 Å². The van der Waals surface area contributed by atoms with E-state index in [1.165, 1.54) is 29.7 Å². The van der Waals surface area contributed by atoms with Crippen molar-refractivity contribution in [2.75, 3.05) is 0 Å². The second-order valence-electron chi connectivity index (χ2n) is 4.22. The fourth-order valence-corrected chi connectivity index (χ4v) is 2.71. The molecule has 1 aromatic carbocycles. The summed E-state index contributed by atoms with van der Waals surface area (Å²) in [6.07, 6.45) is 9.17. The second kappa shape index (κ2) is 2.73. The lowest BCUT2D eigenvalue weighted by Crippen LogP contribution is -2.30. The van der Waals surface area contributed by atoms with Gasteiger partial charge in [0.1, 0.15) is 0 Å². The molecule has 0 spiro atoms. The first-order valence-electron chi connectivity index (χ1n) is 5.22. The molecule has 3 rings (SSSR count). The van der Waals surface area contributed by atoms with Crippen molar-refractivity contribution in [3.8, 4) is 0 Å². The van der Waals surface area contributed by atoms with Crippen LogP contribution in [0.25, 0.3) is 12.2 Å². The number of benzene rings is 1. The molecular formula is C13H14. The van der Waals surface area contributed by atoms with Gasteiger partial charge >= 0.3 is 0 Å². The van der Waals surface area contributed by atoms with Gasteiger partial charge < -0.3 is 0 Å². The quantitative estimate of drug-likeness (QED) is 0.555. The Morgan fingerprint density at radius 1 is 0.846 bits per heavy atom. The summed E-state index contributed by atoms with van der Waals surface area (Å²) in [6, 6.07) is 8.75. The summed E-state index contributed by atoms with van der Waals surface area (Å²) in [5, 5.41) is 2.90. The van der Waals surface area contributed by atoms with Crippen LogP contribution >= 0.6 is 0 Å². The van der Waals surface area contributed by atoms with Crippen molar-refractivity contribution < 1.29 is 0 Å². The first-order valence-corrected chi connectivity index (χ1v) is 5.22. The van der Waals surface area contributed by atoms with Crippen LogP contribution in [0.15, 0.2) is 24.3 Å². The molecule has 2 unspecified atom stereocenters. The Kier molecular flexibility index (Phi) is 1.55. The minimum absolute atomic E-state index is 0.842. The SMILES string of the molecule is C1=c2ccccc2=CC2CCCC12. The van der Waals surface area contributed by atoms with Crippen molar-refractivity contribution in [3.05, 3.63) is 34.7 Å². The molecule has 0 aliphatic heterocycles. The standard InChI is InChI=1S/C13H14/c1-2-5-11-9-13-7-3-6-12(13)8-10(11)4-1/h1-2,4-5,8-9,12-13H,3,6-7H2. The predicted octanol–water partition coefficient (Wildman–Crippen LogP) is 1.68. The van der Waals surface area contributed by atoms with Crippen molar-refractivity contribution in [3.63, 3.8) is 0 Å². The van der Waals surface area contributed by atoms with Crippen LogP contribution in [-0.2, 0) is 0 Å². The Labute approximate surface area is 78.6 Å². The third kappa shape index (κ3) is 1.13. The molecule has 1 fully saturated rings. The first-order chi connectivity index (χ1) is 6.43. The molecule has 0 bridgehead atoms. The molecule has 0 amide bonds. The van der Waals surface area contributed by atoms with Gasteiger partial charge in [0, 0.05) is 0 Å². The van der Waals surface area contributed by atoms with E-state index in [1.54, 1.807) is 0 Å². The first kappa shape index (κ1) is 7.37. The smallest absolute Gasteiger partial charge is 0.0161 e. The molecule has 0 N–H and O–H groups in total. The Bertz CT molecular complexity index is 387. The highest BCUT2D eigenvalue weighted by molar-refractivity contribution is 5.44. The summed E-state index contributed by atoms with van der Waals surface area (Å²) < 4.78 is 0. The Morgan fingerprint density at radius 3 is 1.92 bits per heavy atom. The number of hydrogen-bond donors (Lipinski definition) is 0. The topological polar surface area (TPSA) is 0 Å². The van der Waals surface area contributed by atoms with Gasteiger partial charge in [-0.3, -0.25) is 0 Å². The highest BCUT2D eigenvalue weighted by Crippen LogP contribution is 2.34. The molecule has 0 nitrogen and oxygen atoms in total. The maximum atomic E-state index is 2.48. The minimum Gasteiger partial charge on any atom is -0.0730 e. The van der Waals surface area contributed by atoms with Crippen LogP contribution in [-0.4, -0.2) is 0 Å². The van der Waals surface area contributed by atoms with Crippen LogP contribution in [0.5, 0.6) is 0 Å². The monoisotopic (exact) mass is 170 g/mol. The molecule has 1 saturated carbocycles. The zero-order valence-corrected chi connectivity index (χ0v) is 7.74. The summed E-state index contributed by atoms with van der Waals surface area (Å²) in [5.41, 5.74) is 0. The maximum absolute atomic E-state index is 2.48. The van der Waals surface area contributed by atoms with E-state index in [0.29, 0.717) is 0 Å². The van der Waals surface area contributed by atoms with E-state index in [0.717, 1.165) is 11.8 Å². The minimum atomic E-state index is 0.842. The molecule has 2 atom stereocenters. The van der Waals surface area contributed by atoms with Gasteiger partial charge in [0.05, 0.1) is 0 Å². The van der Waals surface area contributed by atoms with E-state index >= 15 is 0 Å². The fraction of sp³-hybridized carbons (Fsp3) is 0.385. The predicted molar refractivity (Wildman–Crippen MR) is 55.5 cm³/mol. The largest absolute Gasteiger partial charge is 0.0730 e. The average Bonchev–Trinajstić information content (AvgIpc) is 2.61. The van der Waals surface area contributed by atoms with Crippen LogP contribution in [0.3, 0.4) is 0 Å². The van der Waals surface area contributed by atoms with Crippen LogP contribution in [0.2, 0.25) is 0 Å². The van der Waals surface area contributed by atoms with Crippen molar-refractivity contribution in [1.29, 1.82) is 0 Å². The number of rotatable bonds is 0. The van der Waals surface area contributed by atoms with Gasteiger partial charge in [0.2, 0.25) is 0 Å². The van der Waals surface area contributed by atoms with Gasteiger partial charge in [-0.1, -0.05) is 42.8 Å². The van der Waals surface area contributed by atoms with E-state index in [9.17, 15) is 0 Å². The summed E-state index contributed by atoms with van der Waals surface area (Å²) in [7, 11) is 0. The molecule has 2 aliphatic carbocycles. The molecule has 0 heteroatoms.